The summed E-state index contributed by atoms with van der Waals surface area (Å²) in [6.45, 7) is 10.1. The molecule has 2 aromatic carbocycles. The van der Waals surface area contributed by atoms with Crippen molar-refractivity contribution in [1.82, 2.24) is 62.6 Å². The summed E-state index contributed by atoms with van der Waals surface area (Å²) in [4.78, 5) is 163. The number of carbonyl (C=O) groups is 11. The van der Waals surface area contributed by atoms with Crippen LogP contribution in [0.1, 0.15) is 186 Å². The number of nitrogens with two attached hydrogens (primary N) is 1. The number of carbonyl (C=O) groups excluding carboxylic acids is 11. The van der Waals surface area contributed by atoms with Gasteiger partial charge in [-0.2, -0.15) is 0 Å². The monoisotopic (exact) mass is 1690 g/mol. The van der Waals surface area contributed by atoms with Crippen LogP contribution in [0.5, 0.6) is 5.75 Å². The maximum absolute atomic E-state index is 15.8. The van der Waals surface area contributed by atoms with E-state index in [2.05, 4.69) is 81.7 Å². The number of ether oxygens (including phenoxy) is 2. The molecule has 3 aromatic rings. The largest absolute Gasteiger partial charge is 0.496 e. The normalized spacial score (nSPS) is 29.1. The molecule has 34 heteroatoms. The van der Waals surface area contributed by atoms with Gasteiger partial charge in [0.2, 0.25) is 53.2 Å². The minimum Gasteiger partial charge on any atom is -0.496 e. The Bertz CT molecular complexity index is 4320. The molecule has 121 heavy (non-hydrogen) atoms. The van der Waals surface area contributed by atoms with Gasteiger partial charge in [0.05, 0.1) is 52.3 Å². The Morgan fingerprint density at radius 1 is 0.694 bits per heavy atom. The number of rotatable bonds is 36. The first kappa shape index (κ1) is 92.8. The molecular formula is C87H130N14O20. The lowest BCUT2D eigenvalue weighted by Crippen LogP contribution is -2.81. The van der Waals surface area contributed by atoms with Gasteiger partial charge in [0.25, 0.3) is 5.91 Å². The number of likely N-dealkylation sites (N-methyl/N-ethyl adjacent to an activating group) is 1. The molecule has 1 spiro atoms. The number of hydrogen-bond donors (Lipinski definition) is 18. The van der Waals surface area contributed by atoms with E-state index in [1.165, 1.54) is 7.11 Å². The quantitative estimate of drug-likeness (QED) is 0.0263. The van der Waals surface area contributed by atoms with Gasteiger partial charge >= 0.3 is 5.97 Å². The van der Waals surface area contributed by atoms with E-state index < -0.39 is 204 Å². The number of piperidine rings is 1. The molecule has 2 saturated heterocycles. The fraction of sp³-hybridized carbons (Fsp3) is 0.690. The average Bonchev–Trinajstić information content (AvgIpc) is 1.42. The van der Waals surface area contributed by atoms with Gasteiger partial charge in [-0.15, -0.1) is 0 Å². The maximum atomic E-state index is 15.8. The molecule has 6 heterocycles. The number of anilines is 1. The van der Waals surface area contributed by atoms with Crippen LogP contribution in [0.15, 0.2) is 48.6 Å². The zero-order valence-corrected chi connectivity index (χ0v) is 71.5. The lowest BCUT2D eigenvalue weighted by Gasteiger charge is -2.63. The molecule has 0 radical (unpaired) electrons. The van der Waals surface area contributed by atoms with Crippen LogP contribution in [0.2, 0.25) is 0 Å². The van der Waals surface area contributed by atoms with E-state index in [1.54, 1.807) is 21.0 Å². The molecule has 34 nitrogen and oxygen atoms in total. The van der Waals surface area contributed by atoms with Gasteiger partial charge in [-0.05, 0) is 155 Å². The molecule has 19 N–H and O–H groups in total. The third-order valence-electron chi connectivity index (χ3n) is 28.2. The number of aliphatic hydroxyl groups is 7. The fourth-order valence-corrected chi connectivity index (χ4v) is 22.1. The maximum Gasteiger partial charge on any atom is 0.322 e. The molecular weight excluding hydrogens is 1560 g/mol. The number of primary amides is 1. The molecule has 5 fully saturated rings. The van der Waals surface area contributed by atoms with E-state index in [-0.39, 0.29) is 36.8 Å². The third kappa shape index (κ3) is 18.4. The number of aliphatic hydroxyl groups excluding tert-OH is 5. The Labute approximate surface area is 706 Å². The van der Waals surface area contributed by atoms with Gasteiger partial charge in [-0.1, -0.05) is 90.7 Å². The third-order valence-corrected chi connectivity index (χ3v) is 28.2. The highest BCUT2D eigenvalue weighted by atomic mass is 16.5. The Balaban J connectivity index is 0.752. The average molecular weight is 1690 g/mol. The molecule has 8 aliphatic rings. The second-order valence-electron chi connectivity index (χ2n) is 35.9. The number of H-pyrrole nitrogens is 1. The second kappa shape index (κ2) is 38.9. The standard InChI is InChI=1S/C87H130N14O20/c1-10-29-82(47-90-75(113)67(49(4)5)97-73(111)62(45-104)94-70(108)59(23-24-66(88)107)93-76(114)68(53-19-14-13-15-20-53)98-74(112)63(46-105)96-72(110)61(44-103)95-71(109)60(43-102)91-50(6)106)31-25-51(26-32-82)27-34-89-80(116)87(119)78-85(33-37-101-35-18-30-84(12-3,77(85)101)79(87)115)56-38-57(65(120-8)39-64(56)99(78)7)86(81(117)121-9)41-52-40-83(118,11-2)48-100(42-52)36-28-55-54-21-16-17-22-58(54)92-69(55)86/h16-18,21-22,30,38-39,49,51-53,59-63,67-68,77-79,92,102-105,115,118-119H,10-15,19-20,23-29,31-37,40-48H2,1-9H3,(H2,88,107)(H,89,116)(H,90,113)(H,91,106)(H,93,114)(H,94,108)(H,95,109)(H,96,110)(H,97,111)(H,98,112)/t51?,52-,59+,60+,61+,62+,63+,67+,68+,77+,78-,79-,82?,83+,84-,85?,86+,87+/m1/s1. The Hall–Kier alpha value is -8.87. The highest BCUT2D eigenvalue weighted by Gasteiger charge is 2.79. The molecule has 17 atom stereocenters. The number of aromatic amines is 1. The SMILES string of the molecule is CCCC1(CNC(=O)[C@@H](NC(=O)[C@H](CO)NC(=O)[C@H](CCC(N)=O)NC(=O)[C@@H](NC(=O)[C@H](CO)NC(=O)[C@H](CO)NC(=O)[C@H](CO)NC(C)=O)C2CCCCC2)C(C)C)CCC(CCNC(=O)[C@]2(O)[C@@H]3N(C)c4cc(OC)c([C@@]5(C(=O)OC)C[C@@H]6CN(CCc7c5[nH]c5ccccc75)C[C@](O)(CC)C6)cc4C34CCN3CC=C[C@](CC)([C@H]34)[C@H]2O)CC1. The number of esters is 1. The lowest BCUT2D eigenvalue weighted by molar-refractivity contribution is -0.203. The van der Waals surface area contributed by atoms with Crippen LogP contribution in [0.4, 0.5) is 5.69 Å². The minimum absolute atomic E-state index is 0.120. The van der Waals surface area contributed by atoms with E-state index >= 15 is 9.59 Å². The number of nitrogens with zero attached hydrogens (tertiary/aromatic N) is 3. The van der Waals surface area contributed by atoms with Crippen molar-refractivity contribution < 1.29 is 98.0 Å². The smallest absolute Gasteiger partial charge is 0.322 e. The summed E-state index contributed by atoms with van der Waals surface area (Å²) in [6, 6.07) is -0.250. The van der Waals surface area contributed by atoms with Gasteiger partial charge in [0, 0.05) is 110 Å². The summed E-state index contributed by atoms with van der Waals surface area (Å²) in [6.07, 6.45) is 12.2. The van der Waals surface area contributed by atoms with Crippen molar-refractivity contribution in [3.05, 3.63) is 70.9 Å². The van der Waals surface area contributed by atoms with Crippen LogP contribution in [-0.2, 0) is 74.7 Å². The van der Waals surface area contributed by atoms with E-state index in [9.17, 15) is 78.9 Å². The predicted molar refractivity (Wildman–Crippen MR) is 446 cm³/mol. The Morgan fingerprint density at radius 3 is 1.91 bits per heavy atom. The van der Waals surface area contributed by atoms with E-state index in [1.807, 2.05) is 62.2 Å². The molecule has 2 unspecified atom stereocenters. The first-order valence-electron chi connectivity index (χ1n) is 43.5. The summed E-state index contributed by atoms with van der Waals surface area (Å²) in [7, 11) is 4.87. The van der Waals surface area contributed by atoms with Gasteiger partial charge in [0.15, 0.2) is 5.60 Å². The summed E-state index contributed by atoms with van der Waals surface area (Å²) < 4.78 is 12.6. The van der Waals surface area contributed by atoms with Crippen LogP contribution in [0.25, 0.3) is 10.9 Å². The summed E-state index contributed by atoms with van der Waals surface area (Å²) in [5, 5.41) is 104. The van der Waals surface area contributed by atoms with Gasteiger partial charge in [-0.25, -0.2) is 0 Å². The van der Waals surface area contributed by atoms with Crippen LogP contribution in [-0.4, -0.2) is 281 Å². The van der Waals surface area contributed by atoms with Crippen molar-refractivity contribution in [1.29, 1.82) is 0 Å². The van der Waals surface area contributed by atoms with Crippen LogP contribution in [0.3, 0.4) is 0 Å². The summed E-state index contributed by atoms with van der Waals surface area (Å²) in [5.41, 5.74) is 2.74. The minimum atomic E-state index is -2.41. The summed E-state index contributed by atoms with van der Waals surface area (Å²) >= 11 is 0. The Kier molecular flexibility index (Phi) is 29.9. The van der Waals surface area contributed by atoms with Crippen molar-refractivity contribution >= 4 is 81.6 Å². The molecule has 668 valence electrons. The molecule has 1 aromatic heterocycles. The molecule has 3 aliphatic carbocycles. The Morgan fingerprint density at radius 2 is 1.31 bits per heavy atom. The molecule has 10 amide bonds. The van der Waals surface area contributed by atoms with Crippen LogP contribution < -0.4 is 63.2 Å². The van der Waals surface area contributed by atoms with Gasteiger partial charge in [-0.3, -0.25) is 62.5 Å². The fourth-order valence-electron chi connectivity index (χ4n) is 22.1. The number of para-hydroxylation sites is 1. The van der Waals surface area contributed by atoms with Gasteiger partial charge in [0.1, 0.15) is 59.6 Å². The number of nitrogens with one attached hydrogen (secondary N) is 10. The molecule has 5 aliphatic heterocycles. The highest BCUT2D eigenvalue weighted by Crippen LogP contribution is 2.68. The highest BCUT2D eigenvalue weighted by molar-refractivity contribution is 5.99. The number of fused-ring (bicyclic) bond motifs is 6. The zero-order valence-electron chi connectivity index (χ0n) is 71.5. The number of amides is 10. The first-order chi connectivity index (χ1) is 57.7. The van der Waals surface area contributed by atoms with Crippen molar-refractivity contribution in [2.45, 2.75) is 252 Å². The predicted octanol–water partition coefficient (Wildman–Crippen LogP) is -0.269. The molecule has 11 rings (SSSR count). The number of methoxy groups -OCH3 is 2. The van der Waals surface area contributed by atoms with Gasteiger partial charge < -0.3 is 109 Å². The first-order valence-corrected chi connectivity index (χ1v) is 43.5. The topological polar surface area (TPSA) is 508 Å². The van der Waals surface area contributed by atoms with E-state index in [0.717, 1.165) is 61.1 Å². The number of hydrogen-bond acceptors (Lipinski definition) is 23. The number of benzene rings is 2. The van der Waals surface area contributed by atoms with Crippen molar-refractivity contribution in [2.24, 2.45) is 40.2 Å². The lowest BCUT2D eigenvalue weighted by atomic mass is 9.47. The van der Waals surface area contributed by atoms with Crippen molar-refractivity contribution in [2.75, 3.05) is 98.4 Å². The van der Waals surface area contributed by atoms with Crippen molar-refractivity contribution in [3.63, 3.8) is 0 Å². The zero-order chi connectivity index (χ0) is 87.8. The van der Waals surface area contributed by atoms with Crippen molar-refractivity contribution in [3.8, 4) is 5.75 Å². The van der Waals surface area contributed by atoms with Crippen LogP contribution >= 0.6 is 0 Å². The van der Waals surface area contributed by atoms with E-state index in [0.29, 0.717) is 132 Å². The van der Waals surface area contributed by atoms with E-state index in [4.69, 9.17) is 15.2 Å². The molecule has 3 saturated carbocycles. The number of aromatic nitrogens is 1. The second-order valence-corrected chi connectivity index (χ2v) is 35.9. The van der Waals surface area contributed by atoms with Crippen LogP contribution in [0, 0.1) is 34.5 Å². The molecule has 2 bridgehead atoms. The summed E-state index contributed by atoms with van der Waals surface area (Å²) in [5.74, 6) is -10.2.